The van der Waals surface area contributed by atoms with E-state index in [-0.39, 0.29) is 46.5 Å². The van der Waals surface area contributed by atoms with Gasteiger partial charge < -0.3 is 29.9 Å². The Kier molecular flexibility index (Phi) is 9.35. The van der Waals surface area contributed by atoms with Crippen LogP contribution < -0.4 is 24.8 Å². The van der Waals surface area contributed by atoms with Gasteiger partial charge in [0.15, 0.2) is 0 Å². The summed E-state index contributed by atoms with van der Waals surface area (Å²) in [4.78, 5) is 0. The molecular weight excluding hydrogens is 327 g/mol. The number of hydrogen-bond acceptors (Lipinski definition) is 1. The van der Waals surface area contributed by atoms with Crippen molar-refractivity contribution in [1.29, 1.82) is 0 Å². The standard InChI is InChI=1S/C16H20O.2ClH.Ti/c1-11-9-12(2)14(10-11)13-7-5-6-8-15(13)16(3,4)17;;;/h5-10,14,17H,1-4H3;2*1H;/q;;;+2/p-2. The first-order chi connectivity index (χ1) is 7.89. The molecule has 0 spiro atoms. The Balaban J connectivity index is 0. The van der Waals surface area contributed by atoms with Gasteiger partial charge in [-0.2, -0.15) is 0 Å². The van der Waals surface area contributed by atoms with Crippen LogP contribution in [0.3, 0.4) is 0 Å². The summed E-state index contributed by atoms with van der Waals surface area (Å²) in [6.45, 7) is 7.96. The molecule has 0 saturated heterocycles. The maximum atomic E-state index is 10.2. The molecule has 0 fully saturated rings. The predicted molar refractivity (Wildman–Crippen MR) is 71.9 cm³/mol. The fourth-order valence-corrected chi connectivity index (χ4v) is 2.55. The fourth-order valence-electron chi connectivity index (χ4n) is 2.55. The number of rotatable bonds is 2. The average molecular weight is 347 g/mol. The normalized spacial score (nSPS) is 17.1. The van der Waals surface area contributed by atoms with Gasteiger partial charge in [0, 0.05) is 5.92 Å². The van der Waals surface area contributed by atoms with Crippen molar-refractivity contribution in [3.63, 3.8) is 0 Å². The summed E-state index contributed by atoms with van der Waals surface area (Å²) in [5.74, 6) is 0.317. The summed E-state index contributed by atoms with van der Waals surface area (Å²) in [6, 6.07) is 8.16. The average Bonchev–Trinajstić information content (AvgIpc) is 2.56. The topological polar surface area (TPSA) is 20.2 Å². The summed E-state index contributed by atoms with van der Waals surface area (Å²) in [6.07, 6.45) is 4.48. The fraction of sp³-hybridized carbons (Fsp3) is 0.375. The molecule has 0 aliphatic heterocycles. The van der Waals surface area contributed by atoms with Gasteiger partial charge in [0.1, 0.15) is 0 Å². The van der Waals surface area contributed by atoms with E-state index in [1.165, 1.54) is 16.7 Å². The predicted octanol–water partition coefficient (Wildman–Crippen LogP) is -2.09. The summed E-state index contributed by atoms with van der Waals surface area (Å²) in [5, 5.41) is 10.2. The Morgan fingerprint density at radius 1 is 1.05 bits per heavy atom. The van der Waals surface area contributed by atoms with E-state index in [0.29, 0.717) is 5.92 Å². The molecule has 0 bridgehead atoms. The second-order valence-corrected chi connectivity index (χ2v) is 5.42. The Hall–Kier alpha value is -0.0457. The third-order valence-electron chi connectivity index (χ3n) is 3.33. The first-order valence-corrected chi connectivity index (χ1v) is 6.08. The van der Waals surface area contributed by atoms with Crippen molar-refractivity contribution in [3.8, 4) is 0 Å². The van der Waals surface area contributed by atoms with Crippen molar-refractivity contribution in [2.45, 2.75) is 39.2 Å². The Bertz CT molecular complexity index is 501. The molecule has 1 aliphatic carbocycles. The number of aliphatic hydroxyl groups is 1. The van der Waals surface area contributed by atoms with Crippen LogP contribution in [0.2, 0.25) is 0 Å². The molecule has 0 amide bonds. The van der Waals surface area contributed by atoms with E-state index < -0.39 is 5.60 Å². The number of benzene rings is 1. The minimum absolute atomic E-state index is 0. The molecule has 108 valence electrons. The summed E-state index contributed by atoms with van der Waals surface area (Å²) < 4.78 is 0. The van der Waals surface area contributed by atoms with Crippen molar-refractivity contribution in [2.75, 3.05) is 0 Å². The third kappa shape index (κ3) is 4.75. The van der Waals surface area contributed by atoms with Gasteiger partial charge in [0.2, 0.25) is 0 Å². The van der Waals surface area contributed by atoms with Crippen molar-refractivity contribution in [3.05, 3.63) is 58.7 Å². The molecule has 0 heterocycles. The molecule has 1 aliphatic rings. The summed E-state index contributed by atoms with van der Waals surface area (Å²) in [5.41, 5.74) is 4.09. The number of allylic oxidation sites excluding steroid dienone is 4. The van der Waals surface area contributed by atoms with Crippen LogP contribution in [0.15, 0.2) is 47.6 Å². The molecule has 0 saturated carbocycles. The molecular formula is C16H20Cl2OTi. The largest absolute Gasteiger partial charge is 2.00 e. The molecule has 1 unspecified atom stereocenters. The van der Waals surface area contributed by atoms with Crippen molar-refractivity contribution < 1.29 is 51.6 Å². The van der Waals surface area contributed by atoms with Gasteiger partial charge in [-0.25, -0.2) is 0 Å². The molecule has 0 radical (unpaired) electrons. The quantitative estimate of drug-likeness (QED) is 0.609. The maximum Gasteiger partial charge on any atom is 2.00 e. The van der Waals surface area contributed by atoms with Crippen molar-refractivity contribution in [2.24, 2.45) is 0 Å². The minimum Gasteiger partial charge on any atom is -1.00 e. The van der Waals surface area contributed by atoms with Crippen LogP contribution >= 0.6 is 0 Å². The van der Waals surface area contributed by atoms with E-state index in [0.717, 1.165) is 5.56 Å². The van der Waals surface area contributed by atoms with E-state index >= 15 is 0 Å². The summed E-state index contributed by atoms with van der Waals surface area (Å²) >= 11 is 0. The van der Waals surface area contributed by atoms with E-state index in [2.05, 4.69) is 32.1 Å². The van der Waals surface area contributed by atoms with Gasteiger partial charge >= 0.3 is 21.7 Å². The number of halogens is 2. The van der Waals surface area contributed by atoms with E-state index in [4.69, 9.17) is 0 Å². The van der Waals surface area contributed by atoms with Crippen LogP contribution in [-0.2, 0) is 27.3 Å². The SMILES string of the molecule is CC1=CC(c2ccccc2C(C)(C)O)C(C)=C1.[Cl-].[Cl-].[Ti+2]. The maximum absolute atomic E-state index is 10.2. The first-order valence-electron chi connectivity index (χ1n) is 6.08. The molecule has 4 heteroatoms. The monoisotopic (exact) mass is 346 g/mol. The molecule has 2 rings (SSSR count). The van der Waals surface area contributed by atoms with Gasteiger partial charge in [-0.3, -0.25) is 0 Å². The van der Waals surface area contributed by atoms with Crippen LogP contribution in [0, 0.1) is 0 Å². The van der Waals surface area contributed by atoms with E-state index in [1.54, 1.807) is 0 Å². The second kappa shape index (κ2) is 8.41. The molecule has 20 heavy (non-hydrogen) atoms. The van der Waals surface area contributed by atoms with Crippen molar-refractivity contribution in [1.82, 2.24) is 0 Å². The van der Waals surface area contributed by atoms with Crippen LogP contribution in [0.5, 0.6) is 0 Å². The van der Waals surface area contributed by atoms with Crippen LogP contribution in [0.4, 0.5) is 0 Å². The molecule has 0 aromatic heterocycles. The zero-order valence-corrected chi connectivity index (χ0v) is 15.3. The van der Waals surface area contributed by atoms with E-state index in [9.17, 15) is 5.11 Å². The van der Waals surface area contributed by atoms with E-state index in [1.807, 2.05) is 32.0 Å². The first kappa shape index (κ1) is 22.2. The van der Waals surface area contributed by atoms with Crippen molar-refractivity contribution >= 4 is 0 Å². The molecule has 1 aromatic rings. The Morgan fingerprint density at radius 2 is 1.60 bits per heavy atom. The van der Waals surface area contributed by atoms with Gasteiger partial charge in [-0.1, -0.05) is 47.6 Å². The number of hydrogen-bond donors (Lipinski definition) is 1. The van der Waals surface area contributed by atoms with Crippen LogP contribution in [0.25, 0.3) is 0 Å². The van der Waals surface area contributed by atoms with Gasteiger partial charge in [0.25, 0.3) is 0 Å². The molecule has 1 atom stereocenters. The van der Waals surface area contributed by atoms with Gasteiger partial charge in [-0.05, 0) is 38.8 Å². The molecule has 1 nitrogen and oxygen atoms in total. The zero-order valence-electron chi connectivity index (χ0n) is 12.2. The molecule has 1 N–H and O–H groups in total. The van der Waals surface area contributed by atoms with Gasteiger partial charge in [0.05, 0.1) is 5.60 Å². The van der Waals surface area contributed by atoms with Crippen LogP contribution in [-0.4, -0.2) is 5.11 Å². The zero-order chi connectivity index (χ0) is 12.6. The smallest absolute Gasteiger partial charge is 1.00 e. The van der Waals surface area contributed by atoms with Crippen LogP contribution in [0.1, 0.15) is 44.7 Å². The Labute approximate surface area is 149 Å². The van der Waals surface area contributed by atoms with Gasteiger partial charge in [-0.15, -0.1) is 0 Å². The Morgan fingerprint density at radius 3 is 2.05 bits per heavy atom. The third-order valence-corrected chi connectivity index (χ3v) is 3.33. The minimum atomic E-state index is -0.790. The summed E-state index contributed by atoms with van der Waals surface area (Å²) in [7, 11) is 0. The second-order valence-electron chi connectivity index (χ2n) is 5.42. The molecule has 1 aromatic carbocycles.